The summed E-state index contributed by atoms with van der Waals surface area (Å²) in [5, 5.41) is 11.6. The van der Waals surface area contributed by atoms with E-state index in [1.807, 2.05) is 0 Å². The summed E-state index contributed by atoms with van der Waals surface area (Å²) in [6, 6.07) is 0. The fourth-order valence-electron chi connectivity index (χ4n) is 1.09. The summed E-state index contributed by atoms with van der Waals surface area (Å²) < 4.78 is 0. The number of nitrogens with two attached hydrogens (primary N) is 1. The second-order valence-electron chi connectivity index (χ2n) is 3.36. The van der Waals surface area contributed by atoms with E-state index < -0.39 is 5.97 Å². The lowest BCUT2D eigenvalue weighted by molar-refractivity contribution is -0.137. The Kier molecular flexibility index (Phi) is 7.63. The molecule has 0 fully saturated rings. The molecule has 0 radical (unpaired) electrons. The normalized spacial score (nSPS) is 12.8. The summed E-state index contributed by atoms with van der Waals surface area (Å²) in [4.78, 5) is 10.2. The van der Waals surface area contributed by atoms with Crippen molar-refractivity contribution in [2.24, 2.45) is 11.7 Å². The summed E-state index contributed by atoms with van der Waals surface area (Å²) in [5.41, 5.74) is 5.30. The molecule has 1 atom stereocenters. The molecule has 0 rings (SSSR count). The zero-order valence-corrected chi connectivity index (χ0v) is 8.25. The Balaban J connectivity index is 3.19. The molecule has 0 heterocycles. The monoisotopic (exact) mass is 188 g/mol. The molecule has 13 heavy (non-hydrogen) atoms. The van der Waals surface area contributed by atoms with Gasteiger partial charge in [0.1, 0.15) is 0 Å². The van der Waals surface area contributed by atoms with Crippen LogP contribution in [0.5, 0.6) is 0 Å². The van der Waals surface area contributed by atoms with E-state index in [1.54, 1.807) is 0 Å². The second-order valence-corrected chi connectivity index (χ2v) is 3.36. The van der Waals surface area contributed by atoms with Gasteiger partial charge in [-0.15, -0.1) is 0 Å². The molecule has 4 N–H and O–H groups in total. The maximum atomic E-state index is 10.2. The largest absolute Gasteiger partial charge is 0.481 e. The first kappa shape index (κ1) is 12.4. The number of carbonyl (C=O) groups is 1. The minimum Gasteiger partial charge on any atom is -0.481 e. The van der Waals surface area contributed by atoms with E-state index in [2.05, 4.69) is 12.2 Å². The van der Waals surface area contributed by atoms with Crippen molar-refractivity contribution in [3.8, 4) is 0 Å². The zero-order chi connectivity index (χ0) is 10.1. The number of nitrogens with one attached hydrogen (secondary N) is 1. The first-order valence-corrected chi connectivity index (χ1v) is 4.79. The van der Waals surface area contributed by atoms with E-state index in [4.69, 9.17) is 10.8 Å². The number of rotatable bonds is 8. The Labute approximate surface area is 79.5 Å². The highest BCUT2D eigenvalue weighted by Crippen LogP contribution is 2.08. The Hall–Kier alpha value is -0.610. The molecule has 0 aliphatic rings. The van der Waals surface area contributed by atoms with E-state index in [9.17, 15) is 4.79 Å². The summed E-state index contributed by atoms with van der Waals surface area (Å²) >= 11 is 0. The van der Waals surface area contributed by atoms with Gasteiger partial charge in [-0.25, -0.2) is 0 Å². The molecule has 0 amide bonds. The van der Waals surface area contributed by atoms with Crippen molar-refractivity contribution in [1.29, 1.82) is 0 Å². The quantitative estimate of drug-likeness (QED) is 0.483. The minimum absolute atomic E-state index is 0.276. The van der Waals surface area contributed by atoms with Crippen molar-refractivity contribution < 1.29 is 9.90 Å². The number of carboxylic acids is 1. The molecule has 0 bridgehead atoms. The standard InChI is InChI=1S/C9H20N2O2/c1-8(2-3-9(12)13)4-6-11-7-5-10/h8,11H,2-7,10H2,1H3,(H,12,13). The Morgan fingerprint density at radius 2 is 2.15 bits per heavy atom. The molecule has 78 valence electrons. The fraction of sp³-hybridized carbons (Fsp3) is 0.889. The van der Waals surface area contributed by atoms with E-state index >= 15 is 0 Å². The highest BCUT2D eigenvalue weighted by molar-refractivity contribution is 5.66. The summed E-state index contributed by atoms with van der Waals surface area (Å²) in [5.74, 6) is -0.233. The SMILES string of the molecule is CC(CCNCCN)CCC(=O)O. The highest BCUT2D eigenvalue weighted by atomic mass is 16.4. The van der Waals surface area contributed by atoms with Crippen molar-refractivity contribution in [1.82, 2.24) is 5.32 Å². The summed E-state index contributed by atoms with van der Waals surface area (Å²) in [6.45, 7) is 4.50. The average molecular weight is 188 g/mol. The van der Waals surface area contributed by atoms with Crippen LogP contribution in [0.25, 0.3) is 0 Å². The van der Waals surface area contributed by atoms with Crippen LogP contribution in [0.2, 0.25) is 0 Å². The van der Waals surface area contributed by atoms with E-state index in [0.717, 1.165) is 25.9 Å². The number of aliphatic carboxylic acids is 1. The van der Waals surface area contributed by atoms with Gasteiger partial charge in [0.15, 0.2) is 0 Å². The van der Waals surface area contributed by atoms with E-state index in [-0.39, 0.29) is 6.42 Å². The van der Waals surface area contributed by atoms with Gasteiger partial charge in [0.2, 0.25) is 0 Å². The van der Waals surface area contributed by atoms with E-state index in [0.29, 0.717) is 12.5 Å². The van der Waals surface area contributed by atoms with Gasteiger partial charge in [-0.3, -0.25) is 4.79 Å². The molecular weight excluding hydrogens is 168 g/mol. The summed E-state index contributed by atoms with van der Waals surface area (Å²) in [7, 11) is 0. The van der Waals surface area contributed by atoms with Crippen LogP contribution in [-0.2, 0) is 4.79 Å². The van der Waals surface area contributed by atoms with Gasteiger partial charge in [0.05, 0.1) is 0 Å². The second kappa shape index (κ2) is 8.01. The van der Waals surface area contributed by atoms with Gasteiger partial charge in [-0.1, -0.05) is 6.92 Å². The molecule has 0 aliphatic heterocycles. The predicted octanol–water partition coefficient (Wildman–Crippen LogP) is 0.426. The van der Waals surface area contributed by atoms with Crippen molar-refractivity contribution in [3.05, 3.63) is 0 Å². The van der Waals surface area contributed by atoms with Crippen molar-refractivity contribution in [2.75, 3.05) is 19.6 Å². The first-order chi connectivity index (χ1) is 6.16. The van der Waals surface area contributed by atoms with Gasteiger partial charge in [-0.05, 0) is 25.3 Å². The Morgan fingerprint density at radius 1 is 1.46 bits per heavy atom. The third-order valence-corrected chi connectivity index (χ3v) is 1.99. The molecule has 0 saturated carbocycles. The van der Waals surface area contributed by atoms with E-state index in [1.165, 1.54) is 0 Å². The minimum atomic E-state index is -0.707. The topological polar surface area (TPSA) is 75.3 Å². The highest BCUT2D eigenvalue weighted by Gasteiger charge is 2.04. The maximum Gasteiger partial charge on any atom is 0.303 e. The lowest BCUT2D eigenvalue weighted by Crippen LogP contribution is -2.24. The van der Waals surface area contributed by atoms with Crippen molar-refractivity contribution >= 4 is 5.97 Å². The van der Waals surface area contributed by atoms with Gasteiger partial charge in [-0.2, -0.15) is 0 Å². The third-order valence-electron chi connectivity index (χ3n) is 1.99. The lowest BCUT2D eigenvalue weighted by atomic mass is 10.0. The molecule has 0 aromatic carbocycles. The molecule has 0 aliphatic carbocycles. The number of hydrogen-bond donors (Lipinski definition) is 3. The van der Waals surface area contributed by atoms with Crippen LogP contribution >= 0.6 is 0 Å². The number of hydrogen-bond acceptors (Lipinski definition) is 3. The molecule has 4 nitrogen and oxygen atoms in total. The predicted molar refractivity (Wildman–Crippen MR) is 52.6 cm³/mol. The van der Waals surface area contributed by atoms with Crippen LogP contribution in [0.1, 0.15) is 26.2 Å². The molecule has 0 aromatic heterocycles. The summed E-state index contributed by atoms with van der Waals surface area (Å²) in [6.07, 6.45) is 2.06. The lowest BCUT2D eigenvalue weighted by Gasteiger charge is -2.09. The average Bonchev–Trinajstić information content (AvgIpc) is 2.09. The smallest absolute Gasteiger partial charge is 0.303 e. The Morgan fingerprint density at radius 3 is 2.69 bits per heavy atom. The van der Waals surface area contributed by atoms with Gasteiger partial charge in [0, 0.05) is 19.5 Å². The molecule has 4 heteroatoms. The molecule has 0 aromatic rings. The van der Waals surface area contributed by atoms with Gasteiger partial charge >= 0.3 is 5.97 Å². The van der Waals surface area contributed by atoms with Crippen LogP contribution in [0.4, 0.5) is 0 Å². The van der Waals surface area contributed by atoms with Gasteiger partial charge < -0.3 is 16.2 Å². The maximum absolute atomic E-state index is 10.2. The first-order valence-electron chi connectivity index (χ1n) is 4.79. The molecule has 0 spiro atoms. The van der Waals surface area contributed by atoms with Gasteiger partial charge in [0.25, 0.3) is 0 Å². The molecule has 0 saturated heterocycles. The molecule has 1 unspecified atom stereocenters. The van der Waals surface area contributed by atoms with Crippen molar-refractivity contribution in [3.63, 3.8) is 0 Å². The van der Waals surface area contributed by atoms with Crippen LogP contribution in [0.15, 0.2) is 0 Å². The van der Waals surface area contributed by atoms with Crippen LogP contribution in [0.3, 0.4) is 0 Å². The molecular formula is C9H20N2O2. The van der Waals surface area contributed by atoms with Crippen LogP contribution < -0.4 is 11.1 Å². The zero-order valence-electron chi connectivity index (χ0n) is 8.25. The third kappa shape index (κ3) is 9.30. The van der Waals surface area contributed by atoms with Crippen LogP contribution in [-0.4, -0.2) is 30.7 Å². The van der Waals surface area contributed by atoms with Crippen LogP contribution in [0, 0.1) is 5.92 Å². The fourth-order valence-corrected chi connectivity index (χ4v) is 1.09. The Bertz CT molecular complexity index is 140. The number of carboxylic acid groups (broad SMARTS) is 1. The van der Waals surface area contributed by atoms with Crippen molar-refractivity contribution in [2.45, 2.75) is 26.2 Å².